The molecule has 2 aromatic rings. The number of hydrogen-bond donors (Lipinski definition) is 2. The van der Waals surface area contributed by atoms with E-state index in [1.807, 2.05) is 0 Å². The molecule has 2 aromatic carbocycles. The molecule has 2 rings (SSSR count). The number of methoxy groups -OCH3 is 1. The number of ether oxygens (including phenoxy) is 1. The van der Waals surface area contributed by atoms with Gasteiger partial charge in [0.1, 0.15) is 12.2 Å². The maximum atomic E-state index is 12.8. The molecule has 0 fully saturated rings. The van der Waals surface area contributed by atoms with E-state index in [0.29, 0.717) is 5.56 Å². The Morgan fingerprint density at radius 3 is 2.42 bits per heavy atom. The summed E-state index contributed by atoms with van der Waals surface area (Å²) >= 11 is 5.98. The summed E-state index contributed by atoms with van der Waals surface area (Å²) in [6, 6.07) is 9.90. The van der Waals surface area contributed by atoms with Crippen LogP contribution in [0.2, 0.25) is 5.02 Å². The third kappa shape index (κ3) is 5.56. The zero-order valence-electron chi connectivity index (χ0n) is 13.8. The largest absolute Gasteiger partial charge is 0.465 e. The highest BCUT2D eigenvalue weighted by Gasteiger charge is 2.14. The highest BCUT2D eigenvalue weighted by molar-refractivity contribution is 6.34. The Morgan fingerprint density at radius 1 is 1.08 bits per heavy atom. The molecule has 0 bridgehead atoms. The van der Waals surface area contributed by atoms with Crippen LogP contribution < -0.4 is 10.6 Å². The van der Waals surface area contributed by atoms with Gasteiger partial charge < -0.3 is 15.4 Å². The molecule has 0 aliphatic carbocycles. The minimum Gasteiger partial charge on any atom is -0.465 e. The Bertz CT molecular complexity index is 824. The third-order valence-electron chi connectivity index (χ3n) is 3.39. The van der Waals surface area contributed by atoms with E-state index in [1.54, 1.807) is 0 Å². The van der Waals surface area contributed by atoms with Gasteiger partial charge in [-0.25, -0.2) is 9.18 Å². The first-order chi connectivity index (χ1) is 12.4. The molecule has 0 saturated heterocycles. The minimum absolute atomic E-state index is 0.172. The number of hydrogen-bond acceptors (Lipinski definition) is 4. The van der Waals surface area contributed by atoms with Gasteiger partial charge in [0.15, 0.2) is 0 Å². The maximum Gasteiger partial charge on any atom is 0.337 e. The lowest BCUT2D eigenvalue weighted by Gasteiger charge is -2.09. The van der Waals surface area contributed by atoms with Gasteiger partial charge in [-0.15, -0.1) is 0 Å². The van der Waals surface area contributed by atoms with E-state index in [4.69, 9.17) is 11.6 Å². The molecule has 26 heavy (non-hydrogen) atoms. The normalized spacial score (nSPS) is 10.1. The van der Waals surface area contributed by atoms with Crippen molar-refractivity contribution < 1.29 is 23.5 Å². The number of anilines is 1. The van der Waals surface area contributed by atoms with E-state index in [9.17, 15) is 18.8 Å². The number of halogens is 2. The summed E-state index contributed by atoms with van der Waals surface area (Å²) in [7, 11) is 1.24. The molecular formula is C18H16ClFN2O4. The molecule has 0 atom stereocenters. The second-order valence-electron chi connectivity index (χ2n) is 5.31. The molecule has 0 heterocycles. The summed E-state index contributed by atoms with van der Waals surface area (Å²) in [6.45, 7) is 0.172. The summed E-state index contributed by atoms with van der Waals surface area (Å²) in [5, 5.41) is 5.26. The number of nitrogens with one attached hydrogen (secondary N) is 2. The molecular weight excluding hydrogens is 363 g/mol. The molecule has 2 N–H and O–H groups in total. The van der Waals surface area contributed by atoms with E-state index >= 15 is 0 Å². The summed E-state index contributed by atoms with van der Waals surface area (Å²) in [4.78, 5) is 35.3. The zero-order valence-corrected chi connectivity index (χ0v) is 14.6. The summed E-state index contributed by atoms with van der Waals surface area (Å²) in [5.74, 6) is -2.04. The lowest BCUT2D eigenvalue weighted by Crippen LogP contribution is -2.27. The molecule has 2 amide bonds. The Labute approximate surface area is 154 Å². The second kappa shape index (κ2) is 8.96. The van der Waals surface area contributed by atoms with Gasteiger partial charge in [-0.1, -0.05) is 23.7 Å². The van der Waals surface area contributed by atoms with Gasteiger partial charge in [-0.3, -0.25) is 9.59 Å². The van der Waals surface area contributed by atoms with Crippen molar-refractivity contribution in [3.8, 4) is 0 Å². The minimum atomic E-state index is -0.592. The number of rotatable bonds is 6. The van der Waals surface area contributed by atoms with E-state index in [-0.39, 0.29) is 28.6 Å². The van der Waals surface area contributed by atoms with Gasteiger partial charge in [0, 0.05) is 6.54 Å². The van der Waals surface area contributed by atoms with E-state index < -0.39 is 24.2 Å². The second-order valence-corrected chi connectivity index (χ2v) is 5.72. The summed E-state index contributed by atoms with van der Waals surface area (Å²) in [5.41, 5.74) is 1.12. The highest BCUT2D eigenvalue weighted by atomic mass is 35.5. The first kappa shape index (κ1) is 19.4. The van der Waals surface area contributed by atoms with Crippen LogP contribution in [0.5, 0.6) is 0 Å². The highest BCUT2D eigenvalue weighted by Crippen LogP contribution is 2.23. The van der Waals surface area contributed by atoms with E-state index in [0.717, 1.165) is 0 Å². The SMILES string of the molecule is COC(=O)c1ccc(Cl)c(NC(=O)CC(=O)NCc2ccc(F)cc2)c1. The predicted octanol–water partition coefficient (Wildman–Crippen LogP) is 2.91. The number of amides is 2. The van der Waals surface area contributed by atoms with Crippen molar-refractivity contribution in [3.63, 3.8) is 0 Å². The number of esters is 1. The number of carbonyl (C=O) groups excluding carboxylic acids is 3. The van der Waals surface area contributed by atoms with Crippen LogP contribution in [0.1, 0.15) is 22.3 Å². The van der Waals surface area contributed by atoms with Crippen LogP contribution in [0.4, 0.5) is 10.1 Å². The molecule has 8 heteroatoms. The van der Waals surface area contributed by atoms with Gasteiger partial charge in [-0.05, 0) is 35.9 Å². The fourth-order valence-corrected chi connectivity index (χ4v) is 2.24. The topological polar surface area (TPSA) is 84.5 Å². The summed E-state index contributed by atoms with van der Waals surface area (Å²) < 4.78 is 17.4. The van der Waals surface area contributed by atoms with Crippen molar-refractivity contribution in [2.24, 2.45) is 0 Å². The summed E-state index contributed by atoms with van der Waals surface area (Å²) in [6.07, 6.45) is -0.431. The van der Waals surface area contributed by atoms with Gasteiger partial charge in [0.05, 0.1) is 23.4 Å². The molecule has 0 spiro atoms. The first-order valence-corrected chi connectivity index (χ1v) is 7.95. The van der Waals surface area contributed by atoms with Crippen LogP contribution in [0.15, 0.2) is 42.5 Å². The van der Waals surface area contributed by atoms with E-state index in [1.165, 1.54) is 49.6 Å². The number of benzene rings is 2. The molecule has 0 aromatic heterocycles. The molecule has 6 nitrogen and oxygen atoms in total. The fraction of sp³-hybridized carbons (Fsp3) is 0.167. The van der Waals surface area contributed by atoms with Crippen molar-refractivity contribution >= 4 is 35.1 Å². The van der Waals surface area contributed by atoms with Crippen molar-refractivity contribution in [3.05, 3.63) is 64.4 Å². The fourth-order valence-electron chi connectivity index (χ4n) is 2.07. The molecule has 136 valence electrons. The van der Waals surface area contributed by atoms with Gasteiger partial charge in [0.25, 0.3) is 0 Å². The van der Waals surface area contributed by atoms with Crippen molar-refractivity contribution in [2.45, 2.75) is 13.0 Å². The van der Waals surface area contributed by atoms with Crippen LogP contribution in [-0.4, -0.2) is 24.9 Å². The zero-order chi connectivity index (χ0) is 19.1. The van der Waals surface area contributed by atoms with Gasteiger partial charge in [0.2, 0.25) is 11.8 Å². The Balaban J connectivity index is 1.90. The van der Waals surface area contributed by atoms with Gasteiger partial charge >= 0.3 is 5.97 Å². The van der Waals surface area contributed by atoms with Crippen molar-refractivity contribution in [1.82, 2.24) is 5.32 Å². The molecule has 0 unspecified atom stereocenters. The number of carbonyl (C=O) groups is 3. The van der Waals surface area contributed by atoms with Crippen molar-refractivity contribution in [1.29, 1.82) is 0 Å². The maximum absolute atomic E-state index is 12.8. The Kier molecular flexibility index (Phi) is 6.68. The van der Waals surface area contributed by atoms with E-state index in [2.05, 4.69) is 15.4 Å². The van der Waals surface area contributed by atoms with Crippen LogP contribution in [-0.2, 0) is 20.9 Å². The van der Waals surface area contributed by atoms with Crippen LogP contribution in [0.3, 0.4) is 0 Å². The van der Waals surface area contributed by atoms with Gasteiger partial charge in [-0.2, -0.15) is 0 Å². The quantitative estimate of drug-likeness (QED) is 0.598. The first-order valence-electron chi connectivity index (χ1n) is 7.58. The Hall–Kier alpha value is -2.93. The van der Waals surface area contributed by atoms with Crippen LogP contribution in [0, 0.1) is 5.82 Å². The average Bonchev–Trinajstić information content (AvgIpc) is 2.62. The molecule has 0 saturated carbocycles. The molecule has 0 radical (unpaired) electrons. The monoisotopic (exact) mass is 378 g/mol. The lowest BCUT2D eigenvalue weighted by molar-refractivity contribution is -0.126. The Morgan fingerprint density at radius 2 is 1.77 bits per heavy atom. The predicted molar refractivity (Wildman–Crippen MR) is 94.3 cm³/mol. The van der Waals surface area contributed by atoms with Crippen molar-refractivity contribution in [2.75, 3.05) is 12.4 Å². The average molecular weight is 379 g/mol. The van der Waals surface area contributed by atoms with Crippen LogP contribution in [0.25, 0.3) is 0 Å². The smallest absolute Gasteiger partial charge is 0.337 e. The molecule has 0 aliphatic heterocycles. The lowest BCUT2D eigenvalue weighted by atomic mass is 10.2. The third-order valence-corrected chi connectivity index (χ3v) is 3.72. The molecule has 0 aliphatic rings. The standard InChI is InChI=1S/C18H16ClFN2O4/c1-26-18(25)12-4-7-14(19)15(8-12)22-17(24)9-16(23)21-10-11-2-5-13(20)6-3-11/h2-8H,9-10H2,1H3,(H,21,23)(H,22,24). The van der Waals surface area contributed by atoms with Crippen LogP contribution >= 0.6 is 11.6 Å².